The van der Waals surface area contributed by atoms with E-state index in [-0.39, 0.29) is 11.4 Å². The third-order valence-corrected chi connectivity index (χ3v) is 7.36. The number of piperazine rings is 1. The fourth-order valence-electron chi connectivity index (χ4n) is 5.23. The Morgan fingerprint density at radius 2 is 1.81 bits per heavy atom. The Bertz CT molecular complexity index is 1090. The second-order valence-electron chi connectivity index (χ2n) is 9.42. The second kappa shape index (κ2) is 8.64. The number of amides is 1. The minimum atomic E-state index is 0.0694. The topological polar surface area (TPSA) is 57.5 Å². The first-order chi connectivity index (χ1) is 15.5. The normalized spacial score (nSPS) is 19.6. The molecule has 2 aliphatic heterocycles. The summed E-state index contributed by atoms with van der Waals surface area (Å²) in [7, 11) is 4.43. The van der Waals surface area contributed by atoms with Gasteiger partial charge in [-0.15, -0.1) is 0 Å². The van der Waals surface area contributed by atoms with Crippen molar-refractivity contribution < 1.29 is 4.79 Å². The van der Waals surface area contributed by atoms with Crippen molar-refractivity contribution in [1.29, 1.82) is 0 Å². The quantitative estimate of drug-likeness (QED) is 0.634. The van der Waals surface area contributed by atoms with Gasteiger partial charge < -0.3 is 14.4 Å². The van der Waals surface area contributed by atoms with Crippen molar-refractivity contribution in [1.82, 2.24) is 29.2 Å². The summed E-state index contributed by atoms with van der Waals surface area (Å²) in [5, 5.41) is 0. The molecule has 0 aliphatic carbocycles. The van der Waals surface area contributed by atoms with Crippen LogP contribution in [0.25, 0.3) is 11.2 Å². The number of aryl methyl sites for hydroxylation is 2. The lowest BCUT2D eigenvalue weighted by Crippen LogP contribution is -2.64. The SMILES string of the molecule is CN1CCN(C)C2(CCN(C(=O)c3cnc4c(c3)ncn4CCc3ccccc3)CC2)C1. The summed E-state index contributed by atoms with van der Waals surface area (Å²) in [6.07, 6.45) is 6.51. The van der Waals surface area contributed by atoms with Gasteiger partial charge in [-0.2, -0.15) is 0 Å². The van der Waals surface area contributed by atoms with Crippen molar-refractivity contribution in [2.24, 2.45) is 0 Å². The Morgan fingerprint density at radius 3 is 2.59 bits per heavy atom. The van der Waals surface area contributed by atoms with Gasteiger partial charge in [-0.3, -0.25) is 9.69 Å². The molecule has 0 radical (unpaired) electrons. The number of likely N-dealkylation sites (tertiary alicyclic amines) is 1. The predicted molar refractivity (Wildman–Crippen MR) is 126 cm³/mol. The van der Waals surface area contributed by atoms with Crippen LogP contribution in [-0.4, -0.2) is 87.5 Å². The molecule has 4 heterocycles. The van der Waals surface area contributed by atoms with E-state index >= 15 is 0 Å². The summed E-state index contributed by atoms with van der Waals surface area (Å²) in [4.78, 5) is 29.3. The molecule has 3 aromatic rings. The van der Waals surface area contributed by atoms with E-state index in [1.165, 1.54) is 5.56 Å². The number of likely N-dealkylation sites (N-methyl/N-ethyl adjacent to an activating group) is 2. The average Bonchev–Trinajstić information content (AvgIpc) is 3.23. The molecular weight excluding hydrogens is 400 g/mol. The number of rotatable bonds is 4. The molecule has 2 aliphatic rings. The molecule has 1 amide bonds. The van der Waals surface area contributed by atoms with Gasteiger partial charge in [0.2, 0.25) is 0 Å². The van der Waals surface area contributed by atoms with Crippen molar-refractivity contribution >= 4 is 17.1 Å². The fraction of sp³-hybridized carbons (Fsp3) is 0.480. The van der Waals surface area contributed by atoms with Crippen molar-refractivity contribution in [3.05, 3.63) is 60.0 Å². The molecule has 7 heteroatoms. The van der Waals surface area contributed by atoms with E-state index in [1.807, 2.05) is 23.4 Å². The minimum absolute atomic E-state index is 0.0694. The number of aromatic nitrogens is 3. The van der Waals surface area contributed by atoms with E-state index < -0.39 is 0 Å². The van der Waals surface area contributed by atoms with E-state index in [9.17, 15) is 4.79 Å². The number of nitrogens with zero attached hydrogens (tertiary/aromatic N) is 6. The summed E-state index contributed by atoms with van der Waals surface area (Å²) in [5.74, 6) is 0.0694. The van der Waals surface area contributed by atoms with Crippen LogP contribution in [0.15, 0.2) is 48.9 Å². The first kappa shape index (κ1) is 21.1. The van der Waals surface area contributed by atoms with Crippen molar-refractivity contribution in [2.45, 2.75) is 31.3 Å². The number of carbonyl (C=O) groups is 1. The van der Waals surface area contributed by atoms with Crippen LogP contribution in [0.4, 0.5) is 0 Å². The van der Waals surface area contributed by atoms with Gasteiger partial charge >= 0.3 is 0 Å². The maximum atomic E-state index is 13.2. The summed E-state index contributed by atoms with van der Waals surface area (Å²) < 4.78 is 2.07. The highest BCUT2D eigenvalue weighted by molar-refractivity contribution is 5.96. The summed E-state index contributed by atoms with van der Waals surface area (Å²) >= 11 is 0. The molecule has 2 aromatic heterocycles. The van der Waals surface area contributed by atoms with Gasteiger partial charge in [0, 0.05) is 51.0 Å². The van der Waals surface area contributed by atoms with E-state index in [0.29, 0.717) is 5.56 Å². The Morgan fingerprint density at radius 1 is 1.03 bits per heavy atom. The monoisotopic (exact) mass is 432 g/mol. The van der Waals surface area contributed by atoms with E-state index in [2.05, 4.69) is 62.7 Å². The molecular formula is C25H32N6O. The Kier molecular flexibility index (Phi) is 5.69. The molecule has 2 fully saturated rings. The summed E-state index contributed by atoms with van der Waals surface area (Å²) in [5.41, 5.74) is 3.74. The third-order valence-electron chi connectivity index (χ3n) is 7.36. The predicted octanol–water partition coefficient (Wildman–Crippen LogP) is 2.53. The first-order valence-electron chi connectivity index (χ1n) is 11.6. The van der Waals surface area contributed by atoms with Gasteiger partial charge in [-0.25, -0.2) is 9.97 Å². The van der Waals surface area contributed by atoms with Crippen LogP contribution in [0.2, 0.25) is 0 Å². The van der Waals surface area contributed by atoms with Crippen LogP contribution in [0.5, 0.6) is 0 Å². The molecule has 0 atom stereocenters. The van der Waals surface area contributed by atoms with Crippen LogP contribution in [-0.2, 0) is 13.0 Å². The van der Waals surface area contributed by atoms with Gasteiger partial charge in [0.05, 0.1) is 11.9 Å². The minimum Gasteiger partial charge on any atom is -0.338 e. The molecule has 32 heavy (non-hydrogen) atoms. The number of piperidine rings is 1. The van der Waals surface area contributed by atoms with Crippen molar-refractivity contribution in [2.75, 3.05) is 46.8 Å². The molecule has 2 saturated heterocycles. The maximum absolute atomic E-state index is 13.2. The number of hydrogen-bond donors (Lipinski definition) is 0. The van der Waals surface area contributed by atoms with Crippen LogP contribution >= 0.6 is 0 Å². The van der Waals surface area contributed by atoms with Crippen LogP contribution in [0.1, 0.15) is 28.8 Å². The zero-order valence-electron chi connectivity index (χ0n) is 19.1. The summed E-state index contributed by atoms with van der Waals surface area (Å²) in [6.45, 7) is 5.69. The van der Waals surface area contributed by atoms with Crippen LogP contribution < -0.4 is 0 Å². The number of imidazole rings is 1. The Balaban J connectivity index is 1.25. The lowest BCUT2D eigenvalue weighted by atomic mass is 9.83. The lowest BCUT2D eigenvalue weighted by Gasteiger charge is -2.52. The molecule has 7 nitrogen and oxygen atoms in total. The highest BCUT2D eigenvalue weighted by Gasteiger charge is 2.42. The van der Waals surface area contributed by atoms with Crippen LogP contribution in [0, 0.1) is 0 Å². The first-order valence-corrected chi connectivity index (χ1v) is 11.6. The van der Waals surface area contributed by atoms with Gasteiger partial charge in [-0.1, -0.05) is 30.3 Å². The van der Waals surface area contributed by atoms with Gasteiger partial charge in [0.1, 0.15) is 5.52 Å². The molecule has 0 unspecified atom stereocenters. The maximum Gasteiger partial charge on any atom is 0.255 e. The average molecular weight is 433 g/mol. The molecule has 1 spiro atoms. The fourth-order valence-corrected chi connectivity index (χ4v) is 5.23. The zero-order valence-corrected chi connectivity index (χ0v) is 19.1. The molecule has 168 valence electrons. The van der Waals surface area contributed by atoms with E-state index in [4.69, 9.17) is 0 Å². The number of carbonyl (C=O) groups excluding carboxylic acids is 1. The molecule has 0 bridgehead atoms. The van der Waals surface area contributed by atoms with E-state index in [1.54, 1.807) is 6.20 Å². The molecule has 1 aromatic carbocycles. The Hall–Kier alpha value is -2.77. The summed E-state index contributed by atoms with van der Waals surface area (Å²) in [6, 6.07) is 12.3. The van der Waals surface area contributed by atoms with Gasteiger partial charge in [0.25, 0.3) is 5.91 Å². The zero-order chi connectivity index (χ0) is 22.1. The van der Waals surface area contributed by atoms with Gasteiger partial charge in [0.15, 0.2) is 5.65 Å². The molecule has 5 rings (SSSR count). The van der Waals surface area contributed by atoms with E-state index in [0.717, 1.165) is 69.7 Å². The highest BCUT2D eigenvalue weighted by atomic mass is 16.2. The standard InChI is InChI=1S/C25H32N6O/c1-28-14-15-29(2)25(18-28)9-12-30(13-10-25)24(32)21-16-22-23(26-17-21)31(19-27-22)11-8-20-6-4-3-5-7-20/h3-7,16-17,19H,8-15,18H2,1-2H3. The second-order valence-corrected chi connectivity index (χ2v) is 9.42. The number of hydrogen-bond acceptors (Lipinski definition) is 5. The third kappa shape index (κ3) is 4.02. The number of fused-ring (bicyclic) bond motifs is 1. The van der Waals surface area contributed by atoms with Gasteiger partial charge in [-0.05, 0) is 45.0 Å². The molecule has 0 N–H and O–H groups in total. The van der Waals surface area contributed by atoms with Crippen LogP contribution in [0.3, 0.4) is 0 Å². The largest absolute Gasteiger partial charge is 0.338 e. The Labute approximate surface area is 189 Å². The number of benzene rings is 1. The smallest absolute Gasteiger partial charge is 0.255 e. The van der Waals surface area contributed by atoms with Crippen molar-refractivity contribution in [3.8, 4) is 0 Å². The highest BCUT2D eigenvalue weighted by Crippen LogP contribution is 2.31. The number of pyridine rings is 1. The van der Waals surface area contributed by atoms with Crippen molar-refractivity contribution in [3.63, 3.8) is 0 Å². The molecule has 0 saturated carbocycles. The lowest BCUT2D eigenvalue weighted by molar-refractivity contribution is -0.0157.